The van der Waals surface area contributed by atoms with Crippen molar-refractivity contribution >= 4 is 5.78 Å². The van der Waals surface area contributed by atoms with Crippen LogP contribution in [0.1, 0.15) is 24.0 Å². The highest BCUT2D eigenvalue weighted by atomic mass is 16.5. The van der Waals surface area contributed by atoms with Crippen LogP contribution in [0.5, 0.6) is 23.0 Å². The van der Waals surface area contributed by atoms with Gasteiger partial charge in [0.05, 0.1) is 14.2 Å². The average Bonchev–Trinajstić information content (AvgIpc) is 2.98. The number of aromatic hydroxyl groups is 2. The van der Waals surface area contributed by atoms with Gasteiger partial charge in [0, 0.05) is 11.8 Å². The van der Waals surface area contributed by atoms with Crippen molar-refractivity contribution in [2.45, 2.75) is 25.7 Å². The molecule has 2 atom stereocenters. The average molecular weight is 356 g/mol. The number of methoxy groups -OCH3 is 2. The third kappa shape index (κ3) is 3.77. The van der Waals surface area contributed by atoms with Crippen molar-refractivity contribution in [1.29, 1.82) is 0 Å². The minimum Gasteiger partial charge on any atom is -0.504 e. The highest BCUT2D eigenvalue weighted by Gasteiger charge is 2.34. The Morgan fingerprint density at radius 2 is 1.27 bits per heavy atom. The van der Waals surface area contributed by atoms with Crippen molar-refractivity contribution in [2.24, 2.45) is 11.8 Å². The molecule has 0 amide bonds. The number of ketones is 1. The molecular weight excluding hydrogens is 332 g/mol. The topological polar surface area (TPSA) is 76.0 Å². The zero-order valence-corrected chi connectivity index (χ0v) is 15.1. The number of rotatable bonds is 6. The first kappa shape index (κ1) is 18.1. The summed E-state index contributed by atoms with van der Waals surface area (Å²) >= 11 is 0. The second kappa shape index (κ2) is 7.68. The van der Waals surface area contributed by atoms with E-state index in [2.05, 4.69) is 0 Å². The summed E-state index contributed by atoms with van der Waals surface area (Å²) in [6, 6.07) is 10.5. The van der Waals surface area contributed by atoms with E-state index in [1.54, 1.807) is 24.3 Å². The first-order chi connectivity index (χ1) is 12.5. The lowest BCUT2D eigenvalue weighted by Crippen LogP contribution is -2.18. The second-order valence-electron chi connectivity index (χ2n) is 6.79. The first-order valence-electron chi connectivity index (χ1n) is 8.77. The van der Waals surface area contributed by atoms with Gasteiger partial charge in [0.2, 0.25) is 0 Å². The molecule has 2 N–H and O–H groups in total. The lowest BCUT2D eigenvalue weighted by molar-refractivity contribution is -0.123. The number of phenolic OH excluding ortho intramolecular Hbond substituents is 2. The minimum atomic E-state index is -0.00624. The molecule has 1 saturated carbocycles. The quantitative estimate of drug-likeness (QED) is 0.828. The van der Waals surface area contributed by atoms with Crippen LogP contribution in [0.2, 0.25) is 0 Å². The Morgan fingerprint density at radius 1 is 0.846 bits per heavy atom. The number of hydrogen-bond donors (Lipinski definition) is 2. The van der Waals surface area contributed by atoms with Crippen LogP contribution < -0.4 is 9.47 Å². The fourth-order valence-electron chi connectivity index (χ4n) is 3.69. The molecule has 26 heavy (non-hydrogen) atoms. The van der Waals surface area contributed by atoms with Crippen molar-refractivity contribution in [2.75, 3.05) is 14.2 Å². The third-order valence-corrected chi connectivity index (χ3v) is 5.12. The third-order valence-electron chi connectivity index (χ3n) is 5.12. The van der Waals surface area contributed by atoms with Crippen LogP contribution in [0.3, 0.4) is 0 Å². The summed E-state index contributed by atoms with van der Waals surface area (Å²) < 4.78 is 10.3. The van der Waals surface area contributed by atoms with Crippen LogP contribution in [-0.4, -0.2) is 30.2 Å². The molecule has 0 spiro atoms. The molecule has 2 unspecified atom stereocenters. The van der Waals surface area contributed by atoms with Crippen molar-refractivity contribution in [3.05, 3.63) is 47.5 Å². The van der Waals surface area contributed by atoms with E-state index in [9.17, 15) is 15.0 Å². The normalized spacial score (nSPS) is 19.5. The van der Waals surface area contributed by atoms with Gasteiger partial charge in [-0.1, -0.05) is 12.1 Å². The molecule has 2 aromatic rings. The molecule has 0 radical (unpaired) electrons. The lowest BCUT2D eigenvalue weighted by Gasteiger charge is -2.13. The summed E-state index contributed by atoms with van der Waals surface area (Å²) in [6.45, 7) is 0. The molecule has 5 nitrogen and oxygen atoms in total. The smallest absolute Gasteiger partial charge is 0.160 e. The van der Waals surface area contributed by atoms with E-state index < -0.39 is 0 Å². The number of phenols is 2. The summed E-state index contributed by atoms with van der Waals surface area (Å²) in [6.07, 6.45) is 3.04. The van der Waals surface area contributed by atoms with Gasteiger partial charge in [-0.25, -0.2) is 0 Å². The Morgan fingerprint density at radius 3 is 1.65 bits per heavy atom. The Bertz CT molecular complexity index is 733. The molecule has 1 aliphatic carbocycles. The zero-order valence-electron chi connectivity index (χ0n) is 15.1. The van der Waals surface area contributed by atoms with Crippen molar-refractivity contribution in [1.82, 2.24) is 0 Å². The van der Waals surface area contributed by atoms with Gasteiger partial charge >= 0.3 is 0 Å². The molecule has 1 aliphatic rings. The maximum atomic E-state index is 12.8. The summed E-state index contributed by atoms with van der Waals surface area (Å²) in [7, 11) is 3.03. The van der Waals surface area contributed by atoms with E-state index in [0.717, 1.165) is 24.0 Å². The van der Waals surface area contributed by atoms with Crippen molar-refractivity contribution in [3.63, 3.8) is 0 Å². The van der Waals surface area contributed by atoms with Crippen molar-refractivity contribution in [3.8, 4) is 23.0 Å². The minimum absolute atomic E-state index is 0.00624. The standard InChI is InChI=1S/C21H24O5/c1-25-19-11-13(3-7-17(19)22)9-15-5-6-16(21(15)24)10-14-4-8-18(23)20(12-14)26-2/h3-4,7-8,11-12,15-16,22-23H,5-6,9-10H2,1-2H3. The molecule has 5 heteroatoms. The number of Topliss-reactive ketones (excluding diaryl/α,β-unsaturated/α-hetero) is 1. The highest BCUT2D eigenvalue weighted by molar-refractivity contribution is 5.86. The van der Waals surface area contributed by atoms with Gasteiger partial charge in [-0.05, 0) is 61.1 Å². The maximum absolute atomic E-state index is 12.8. The van der Waals surface area contributed by atoms with E-state index >= 15 is 0 Å². The van der Waals surface area contributed by atoms with Crippen LogP contribution >= 0.6 is 0 Å². The fourth-order valence-corrected chi connectivity index (χ4v) is 3.69. The summed E-state index contributed by atoms with van der Waals surface area (Å²) in [5.74, 6) is 1.34. The van der Waals surface area contributed by atoms with E-state index in [-0.39, 0.29) is 29.1 Å². The monoisotopic (exact) mass is 356 g/mol. The first-order valence-corrected chi connectivity index (χ1v) is 8.77. The molecule has 1 fully saturated rings. The number of benzene rings is 2. The number of hydrogen-bond acceptors (Lipinski definition) is 5. The lowest BCUT2D eigenvalue weighted by atomic mass is 9.92. The van der Waals surface area contributed by atoms with Gasteiger partial charge in [0.15, 0.2) is 23.0 Å². The molecule has 2 aromatic carbocycles. The molecule has 0 heterocycles. The molecule has 138 valence electrons. The van der Waals surface area contributed by atoms with Gasteiger partial charge in [0.1, 0.15) is 5.78 Å². The summed E-state index contributed by atoms with van der Waals surface area (Å²) in [5, 5.41) is 19.4. The van der Waals surface area contributed by atoms with Gasteiger partial charge in [-0.3, -0.25) is 4.79 Å². The number of carbonyl (C=O) groups excluding carboxylic acids is 1. The zero-order chi connectivity index (χ0) is 18.7. The van der Waals surface area contributed by atoms with E-state index in [1.165, 1.54) is 14.2 Å². The summed E-state index contributed by atoms with van der Waals surface area (Å²) in [4.78, 5) is 12.8. The molecule has 0 aliphatic heterocycles. The Kier molecular flexibility index (Phi) is 5.35. The van der Waals surface area contributed by atoms with Gasteiger partial charge in [0.25, 0.3) is 0 Å². The van der Waals surface area contributed by atoms with Crippen LogP contribution in [-0.2, 0) is 17.6 Å². The van der Waals surface area contributed by atoms with Gasteiger partial charge < -0.3 is 19.7 Å². The Hall–Kier alpha value is -2.69. The molecule has 3 rings (SSSR count). The van der Waals surface area contributed by atoms with Crippen LogP contribution in [0.4, 0.5) is 0 Å². The van der Waals surface area contributed by atoms with E-state index in [1.807, 2.05) is 12.1 Å². The predicted octanol–water partition coefficient (Wildman–Crippen LogP) is 3.50. The number of ether oxygens (including phenoxy) is 2. The Balaban J connectivity index is 1.66. The number of carbonyl (C=O) groups is 1. The fraction of sp³-hybridized carbons (Fsp3) is 0.381. The second-order valence-corrected chi connectivity index (χ2v) is 6.79. The Labute approximate surface area is 153 Å². The highest BCUT2D eigenvalue weighted by Crippen LogP contribution is 2.35. The van der Waals surface area contributed by atoms with E-state index in [4.69, 9.17) is 9.47 Å². The SMILES string of the molecule is COc1cc(CC2CCC(Cc3ccc(O)c(OC)c3)C2=O)ccc1O. The summed E-state index contributed by atoms with van der Waals surface area (Å²) in [5.41, 5.74) is 1.98. The predicted molar refractivity (Wildman–Crippen MR) is 97.9 cm³/mol. The van der Waals surface area contributed by atoms with Gasteiger partial charge in [-0.2, -0.15) is 0 Å². The largest absolute Gasteiger partial charge is 0.504 e. The molecule has 0 bridgehead atoms. The molecule has 0 saturated heterocycles. The van der Waals surface area contributed by atoms with Gasteiger partial charge in [-0.15, -0.1) is 0 Å². The van der Waals surface area contributed by atoms with E-state index in [0.29, 0.717) is 24.3 Å². The van der Waals surface area contributed by atoms with Crippen LogP contribution in [0.15, 0.2) is 36.4 Å². The van der Waals surface area contributed by atoms with Crippen molar-refractivity contribution < 1.29 is 24.5 Å². The van der Waals surface area contributed by atoms with Crippen LogP contribution in [0.25, 0.3) is 0 Å². The van der Waals surface area contributed by atoms with Crippen LogP contribution in [0, 0.1) is 11.8 Å². The maximum Gasteiger partial charge on any atom is 0.160 e. The molecule has 0 aromatic heterocycles. The molecular formula is C21H24O5.